The van der Waals surface area contributed by atoms with Crippen LogP contribution in [0, 0.1) is 5.82 Å². The Balaban J connectivity index is 2.56. The van der Waals surface area contributed by atoms with Crippen LogP contribution >= 0.6 is 0 Å². The molecule has 0 heterocycles. The van der Waals surface area contributed by atoms with Crippen LogP contribution in [0.1, 0.15) is 25.3 Å². The Morgan fingerprint density at radius 2 is 2.31 bits per heavy atom. The van der Waals surface area contributed by atoms with Gasteiger partial charge in [-0.15, -0.1) is 6.58 Å². The molecule has 2 heteroatoms. The molecule has 1 atom stereocenters. The van der Waals surface area contributed by atoms with E-state index in [0.29, 0.717) is 6.04 Å². The van der Waals surface area contributed by atoms with E-state index in [1.54, 1.807) is 12.1 Å². The Bertz CT molecular complexity index is 322. The predicted molar refractivity (Wildman–Crippen MR) is 67.0 cm³/mol. The summed E-state index contributed by atoms with van der Waals surface area (Å²) in [6, 6.07) is 7.24. The Morgan fingerprint density at radius 3 is 2.94 bits per heavy atom. The maximum atomic E-state index is 13.0. The molecule has 0 spiro atoms. The van der Waals surface area contributed by atoms with Crippen molar-refractivity contribution in [2.75, 3.05) is 6.54 Å². The number of likely N-dealkylation sites (N-methyl/N-ethyl adjacent to an activating group) is 1. The third-order valence-corrected chi connectivity index (χ3v) is 2.58. The van der Waals surface area contributed by atoms with Crippen LogP contribution in [0.2, 0.25) is 0 Å². The van der Waals surface area contributed by atoms with Gasteiger partial charge in [-0.1, -0.05) is 25.1 Å². The minimum Gasteiger partial charge on any atom is -0.314 e. The molecule has 1 aromatic carbocycles. The van der Waals surface area contributed by atoms with Crippen LogP contribution in [0.15, 0.2) is 36.9 Å². The fourth-order valence-electron chi connectivity index (χ4n) is 1.83. The summed E-state index contributed by atoms with van der Waals surface area (Å²) in [6.07, 6.45) is 4.84. The topological polar surface area (TPSA) is 12.0 Å². The van der Waals surface area contributed by atoms with Crippen molar-refractivity contribution in [3.8, 4) is 0 Å². The van der Waals surface area contributed by atoms with E-state index in [-0.39, 0.29) is 5.82 Å². The number of nitrogens with one attached hydrogen (secondary N) is 1. The Labute approximate surface area is 97.4 Å². The van der Waals surface area contributed by atoms with Crippen LogP contribution < -0.4 is 5.32 Å². The van der Waals surface area contributed by atoms with E-state index in [1.165, 1.54) is 6.07 Å². The van der Waals surface area contributed by atoms with Gasteiger partial charge in [-0.25, -0.2) is 4.39 Å². The van der Waals surface area contributed by atoms with E-state index in [4.69, 9.17) is 0 Å². The monoisotopic (exact) mass is 221 g/mol. The molecule has 0 saturated carbocycles. The largest absolute Gasteiger partial charge is 0.314 e. The fraction of sp³-hybridized carbons (Fsp3) is 0.429. The smallest absolute Gasteiger partial charge is 0.123 e. The molecule has 1 rings (SSSR count). The highest BCUT2D eigenvalue weighted by atomic mass is 19.1. The van der Waals surface area contributed by atoms with E-state index in [1.807, 2.05) is 12.1 Å². The second-order valence-corrected chi connectivity index (χ2v) is 3.95. The maximum Gasteiger partial charge on any atom is 0.123 e. The van der Waals surface area contributed by atoms with Crippen LogP contribution in [0.25, 0.3) is 0 Å². The average molecular weight is 221 g/mol. The number of hydrogen-bond acceptors (Lipinski definition) is 1. The lowest BCUT2D eigenvalue weighted by Crippen LogP contribution is -2.30. The first-order valence-corrected chi connectivity index (χ1v) is 5.85. The molecule has 1 N–H and O–H groups in total. The zero-order valence-electron chi connectivity index (χ0n) is 9.88. The van der Waals surface area contributed by atoms with Gasteiger partial charge in [0.15, 0.2) is 0 Å². The number of allylic oxidation sites excluding steroid dienone is 1. The first kappa shape index (κ1) is 12.9. The van der Waals surface area contributed by atoms with Crippen molar-refractivity contribution >= 4 is 0 Å². The summed E-state index contributed by atoms with van der Waals surface area (Å²) < 4.78 is 13.0. The van der Waals surface area contributed by atoms with E-state index in [0.717, 1.165) is 31.4 Å². The van der Waals surface area contributed by atoms with Gasteiger partial charge in [-0.3, -0.25) is 0 Å². The normalized spacial score (nSPS) is 12.4. The SMILES string of the molecule is C=CCCC(Cc1cccc(F)c1)NCC. The van der Waals surface area contributed by atoms with E-state index < -0.39 is 0 Å². The Kier molecular flexibility index (Phi) is 5.79. The molecule has 0 fully saturated rings. The number of halogens is 1. The predicted octanol–water partition coefficient (Wildman–Crippen LogP) is 3.31. The minimum absolute atomic E-state index is 0.156. The maximum absolute atomic E-state index is 13.0. The highest BCUT2D eigenvalue weighted by Gasteiger charge is 2.07. The molecule has 0 bridgehead atoms. The van der Waals surface area contributed by atoms with Crippen molar-refractivity contribution in [3.63, 3.8) is 0 Å². The molecular formula is C14H20FN. The lowest BCUT2D eigenvalue weighted by atomic mass is 10.0. The lowest BCUT2D eigenvalue weighted by Gasteiger charge is -2.17. The molecule has 1 aromatic rings. The number of rotatable bonds is 7. The molecule has 16 heavy (non-hydrogen) atoms. The van der Waals surface area contributed by atoms with Crippen molar-refractivity contribution in [2.24, 2.45) is 0 Å². The summed E-state index contributed by atoms with van der Waals surface area (Å²) >= 11 is 0. The number of benzene rings is 1. The van der Waals surface area contributed by atoms with Crippen molar-refractivity contribution in [1.82, 2.24) is 5.32 Å². The van der Waals surface area contributed by atoms with Crippen LogP contribution in [0.5, 0.6) is 0 Å². The summed E-state index contributed by atoms with van der Waals surface area (Å²) in [7, 11) is 0. The molecular weight excluding hydrogens is 201 g/mol. The third kappa shape index (κ3) is 4.58. The van der Waals surface area contributed by atoms with Gasteiger partial charge in [0, 0.05) is 6.04 Å². The van der Waals surface area contributed by atoms with E-state index in [9.17, 15) is 4.39 Å². The van der Waals surface area contributed by atoms with Gasteiger partial charge < -0.3 is 5.32 Å². The van der Waals surface area contributed by atoms with Gasteiger partial charge in [0.25, 0.3) is 0 Å². The molecule has 88 valence electrons. The summed E-state index contributed by atoms with van der Waals surface area (Å²) in [5.74, 6) is -0.156. The second-order valence-electron chi connectivity index (χ2n) is 3.95. The standard InChI is InChI=1S/C14H20FN/c1-3-5-9-14(16-4-2)11-12-7-6-8-13(15)10-12/h3,6-8,10,14,16H,1,4-5,9,11H2,2H3. The molecule has 0 aromatic heterocycles. The first-order chi connectivity index (χ1) is 7.76. The van der Waals surface area contributed by atoms with Crippen molar-refractivity contribution in [1.29, 1.82) is 0 Å². The third-order valence-electron chi connectivity index (χ3n) is 2.58. The van der Waals surface area contributed by atoms with E-state index in [2.05, 4.69) is 18.8 Å². The van der Waals surface area contributed by atoms with Crippen LogP contribution in [0.4, 0.5) is 4.39 Å². The van der Waals surface area contributed by atoms with E-state index >= 15 is 0 Å². The summed E-state index contributed by atoms with van der Waals surface area (Å²) in [5, 5.41) is 3.42. The summed E-state index contributed by atoms with van der Waals surface area (Å²) in [6.45, 7) is 6.76. The molecule has 0 aliphatic carbocycles. The zero-order valence-corrected chi connectivity index (χ0v) is 9.88. The molecule has 1 unspecified atom stereocenters. The van der Waals surface area contributed by atoms with Gasteiger partial charge in [0.2, 0.25) is 0 Å². The van der Waals surface area contributed by atoms with Gasteiger partial charge >= 0.3 is 0 Å². The van der Waals surface area contributed by atoms with Crippen LogP contribution in [0.3, 0.4) is 0 Å². The Hall–Kier alpha value is -1.15. The van der Waals surface area contributed by atoms with Gasteiger partial charge in [-0.05, 0) is 43.5 Å². The van der Waals surface area contributed by atoms with Crippen molar-refractivity contribution < 1.29 is 4.39 Å². The van der Waals surface area contributed by atoms with Crippen molar-refractivity contribution in [3.05, 3.63) is 48.3 Å². The highest BCUT2D eigenvalue weighted by Crippen LogP contribution is 2.09. The lowest BCUT2D eigenvalue weighted by molar-refractivity contribution is 0.493. The zero-order chi connectivity index (χ0) is 11.8. The first-order valence-electron chi connectivity index (χ1n) is 5.85. The quantitative estimate of drug-likeness (QED) is 0.696. The average Bonchev–Trinajstić information content (AvgIpc) is 2.26. The number of hydrogen-bond donors (Lipinski definition) is 1. The molecule has 0 aliphatic rings. The van der Waals surface area contributed by atoms with Crippen molar-refractivity contribution in [2.45, 2.75) is 32.2 Å². The Morgan fingerprint density at radius 1 is 1.50 bits per heavy atom. The van der Waals surface area contributed by atoms with Gasteiger partial charge in [0.1, 0.15) is 5.82 Å². The highest BCUT2D eigenvalue weighted by molar-refractivity contribution is 5.17. The van der Waals surface area contributed by atoms with Crippen LogP contribution in [-0.4, -0.2) is 12.6 Å². The summed E-state index contributed by atoms with van der Waals surface area (Å²) in [4.78, 5) is 0. The minimum atomic E-state index is -0.156. The molecule has 0 aliphatic heterocycles. The molecule has 1 nitrogen and oxygen atoms in total. The molecule has 0 radical (unpaired) electrons. The van der Waals surface area contributed by atoms with Crippen LogP contribution in [-0.2, 0) is 6.42 Å². The van der Waals surface area contributed by atoms with Gasteiger partial charge in [0.05, 0.1) is 0 Å². The summed E-state index contributed by atoms with van der Waals surface area (Å²) in [5.41, 5.74) is 1.05. The fourth-order valence-corrected chi connectivity index (χ4v) is 1.83. The second kappa shape index (κ2) is 7.18. The van der Waals surface area contributed by atoms with Gasteiger partial charge in [-0.2, -0.15) is 0 Å². The molecule has 0 saturated heterocycles. The molecule has 0 amide bonds.